The maximum absolute atomic E-state index is 12.3. The molecule has 82 valence electrons. The first kappa shape index (κ1) is 11.6. The molecule has 0 heterocycles. The maximum Gasteiger partial charge on any atom is 0.303 e. The van der Waals surface area contributed by atoms with Crippen molar-refractivity contribution >= 4 is 5.97 Å². The van der Waals surface area contributed by atoms with Crippen LogP contribution in [0.25, 0.3) is 0 Å². The Morgan fingerprint density at radius 3 is 2.73 bits per heavy atom. The highest BCUT2D eigenvalue weighted by Crippen LogP contribution is 2.20. The molecule has 1 rings (SSSR count). The Labute approximate surface area is 86.5 Å². The van der Waals surface area contributed by atoms with E-state index in [1.807, 2.05) is 0 Å². The first-order valence-electron chi connectivity index (χ1n) is 4.68. The molecule has 0 fully saturated rings. The van der Waals surface area contributed by atoms with E-state index < -0.39 is 12.4 Å². The maximum atomic E-state index is 12.3. The van der Waals surface area contributed by atoms with E-state index in [0.29, 0.717) is 12.8 Å². The third kappa shape index (κ3) is 4.06. The van der Waals surface area contributed by atoms with Gasteiger partial charge in [-0.25, -0.2) is 8.78 Å². The minimum Gasteiger partial charge on any atom is -0.481 e. The second-order valence-corrected chi connectivity index (χ2v) is 3.29. The Morgan fingerprint density at radius 1 is 1.40 bits per heavy atom. The van der Waals surface area contributed by atoms with E-state index in [4.69, 9.17) is 5.11 Å². The summed E-state index contributed by atoms with van der Waals surface area (Å²) in [6, 6.07) is 6.09. The van der Waals surface area contributed by atoms with Gasteiger partial charge in [0.05, 0.1) is 0 Å². The lowest BCUT2D eigenvalue weighted by atomic mass is 10.1. The summed E-state index contributed by atoms with van der Waals surface area (Å²) >= 11 is 0. The van der Waals surface area contributed by atoms with Crippen molar-refractivity contribution in [2.75, 3.05) is 0 Å². The van der Waals surface area contributed by atoms with Gasteiger partial charge in [0, 0.05) is 12.0 Å². The fourth-order valence-corrected chi connectivity index (χ4v) is 1.33. The zero-order chi connectivity index (χ0) is 11.3. The molecule has 1 aromatic carbocycles. The van der Waals surface area contributed by atoms with Crippen molar-refractivity contribution in [3.8, 4) is 0 Å². The van der Waals surface area contributed by atoms with Crippen molar-refractivity contribution < 1.29 is 18.7 Å². The number of carboxylic acid groups (broad SMARTS) is 1. The van der Waals surface area contributed by atoms with Crippen LogP contribution in [0.3, 0.4) is 0 Å². The van der Waals surface area contributed by atoms with Gasteiger partial charge in [-0.3, -0.25) is 4.79 Å². The molecule has 0 aliphatic rings. The van der Waals surface area contributed by atoms with Crippen LogP contribution in [0.5, 0.6) is 0 Å². The number of benzene rings is 1. The van der Waals surface area contributed by atoms with Crippen molar-refractivity contribution in [3.63, 3.8) is 0 Å². The highest BCUT2D eigenvalue weighted by Gasteiger charge is 2.07. The van der Waals surface area contributed by atoms with Crippen LogP contribution >= 0.6 is 0 Å². The molecule has 4 heteroatoms. The number of rotatable bonds is 5. The number of hydrogen-bond acceptors (Lipinski definition) is 1. The second kappa shape index (κ2) is 5.44. The molecule has 2 nitrogen and oxygen atoms in total. The lowest BCUT2D eigenvalue weighted by molar-refractivity contribution is -0.137. The smallest absolute Gasteiger partial charge is 0.303 e. The van der Waals surface area contributed by atoms with E-state index in [1.165, 1.54) is 12.1 Å². The van der Waals surface area contributed by atoms with E-state index in [-0.39, 0.29) is 12.0 Å². The summed E-state index contributed by atoms with van der Waals surface area (Å²) in [5, 5.41) is 8.41. The lowest BCUT2D eigenvalue weighted by Gasteiger charge is -2.03. The second-order valence-electron chi connectivity index (χ2n) is 3.29. The van der Waals surface area contributed by atoms with E-state index in [2.05, 4.69) is 0 Å². The minimum atomic E-state index is -2.47. The van der Waals surface area contributed by atoms with E-state index >= 15 is 0 Å². The Hall–Kier alpha value is -1.45. The molecular formula is C11H12F2O2. The van der Waals surface area contributed by atoms with Gasteiger partial charge in [-0.05, 0) is 18.4 Å². The summed E-state index contributed by atoms with van der Waals surface area (Å²) in [6.07, 6.45) is -1.40. The number of alkyl halides is 2. The fourth-order valence-electron chi connectivity index (χ4n) is 1.33. The molecule has 1 aromatic rings. The largest absolute Gasteiger partial charge is 0.481 e. The average Bonchev–Trinajstić information content (AvgIpc) is 2.17. The van der Waals surface area contributed by atoms with Crippen molar-refractivity contribution in [2.45, 2.75) is 25.7 Å². The number of carbonyl (C=O) groups is 1. The molecule has 0 aliphatic heterocycles. The fraction of sp³-hybridized carbons (Fsp3) is 0.364. The molecule has 0 unspecified atom stereocenters. The summed E-state index contributed by atoms with van der Waals surface area (Å²) in [4.78, 5) is 10.2. The zero-order valence-corrected chi connectivity index (χ0v) is 8.12. The van der Waals surface area contributed by atoms with Gasteiger partial charge in [0.25, 0.3) is 6.43 Å². The molecule has 1 N–H and O–H groups in total. The molecular weight excluding hydrogens is 202 g/mol. The van der Waals surface area contributed by atoms with Crippen LogP contribution in [0.1, 0.15) is 30.4 Å². The van der Waals surface area contributed by atoms with E-state index in [0.717, 1.165) is 5.56 Å². The van der Waals surface area contributed by atoms with Crippen molar-refractivity contribution in [2.24, 2.45) is 0 Å². The van der Waals surface area contributed by atoms with Crippen LogP contribution in [0.2, 0.25) is 0 Å². The molecule has 0 saturated heterocycles. The summed E-state index contributed by atoms with van der Waals surface area (Å²) in [5.41, 5.74) is 0.747. The van der Waals surface area contributed by atoms with Gasteiger partial charge in [-0.1, -0.05) is 24.3 Å². The molecule has 0 spiro atoms. The predicted octanol–water partition coefficient (Wildman–Crippen LogP) is 3.03. The van der Waals surface area contributed by atoms with E-state index in [1.54, 1.807) is 12.1 Å². The first-order valence-corrected chi connectivity index (χ1v) is 4.68. The highest BCUT2D eigenvalue weighted by molar-refractivity contribution is 5.66. The van der Waals surface area contributed by atoms with Gasteiger partial charge in [0.15, 0.2) is 0 Å². The van der Waals surface area contributed by atoms with Crippen molar-refractivity contribution in [1.29, 1.82) is 0 Å². The zero-order valence-electron chi connectivity index (χ0n) is 8.12. The van der Waals surface area contributed by atoms with Crippen LogP contribution in [0.15, 0.2) is 24.3 Å². The van der Waals surface area contributed by atoms with E-state index in [9.17, 15) is 13.6 Å². The number of hydrogen-bond donors (Lipinski definition) is 1. The third-order valence-corrected chi connectivity index (χ3v) is 2.06. The summed E-state index contributed by atoms with van der Waals surface area (Å²) in [6.45, 7) is 0. The summed E-state index contributed by atoms with van der Waals surface area (Å²) < 4.78 is 24.6. The first-order chi connectivity index (χ1) is 7.09. The SMILES string of the molecule is O=C(O)CCCc1cccc(C(F)F)c1. The normalized spacial score (nSPS) is 10.6. The third-order valence-electron chi connectivity index (χ3n) is 2.06. The number of aryl methyl sites for hydroxylation is 1. The van der Waals surface area contributed by atoms with Gasteiger partial charge < -0.3 is 5.11 Å². The molecule has 15 heavy (non-hydrogen) atoms. The number of halogens is 2. The standard InChI is InChI=1S/C11H12F2O2/c12-11(13)9-5-1-3-8(7-9)4-2-6-10(14)15/h1,3,5,7,11H,2,4,6H2,(H,14,15). The Balaban J connectivity index is 2.54. The van der Waals surface area contributed by atoms with Crippen molar-refractivity contribution in [3.05, 3.63) is 35.4 Å². The lowest BCUT2D eigenvalue weighted by Crippen LogP contribution is -1.96. The van der Waals surface area contributed by atoms with Crippen LogP contribution in [0.4, 0.5) is 8.78 Å². The quantitative estimate of drug-likeness (QED) is 0.817. The number of aliphatic carboxylic acids is 1. The molecule has 0 saturated carbocycles. The molecule has 0 radical (unpaired) electrons. The minimum absolute atomic E-state index is 0.0113. The van der Waals surface area contributed by atoms with Gasteiger partial charge in [-0.15, -0.1) is 0 Å². The monoisotopic (exact) mass is 214 g/mol. The topological polar surface area (TPSA) is 37.3 Å². The summed E-state index contributed by atoms with van der Waals surface area (Å²) in [7, 11) is 0. The van der Waals surface area contributed by atoms with Gasteiger partial charge in [0.1, 0.15) is 0 Å². The van der Waals surface area contributed by atoms with Crippen LogP contribution in [0, 0.1) is 0 Å². The molecule has 0 amide bonds. The molecule has 0 aromatic heterocycles. The Bertz CT molecular complexity index is 337. The average molecular weight is 214 g/mol. The van der Waals surface area contributed by atoms with Crippen LogP contribution in [-0.4, -0.2) is 11.1 Å². The van der Waals surface area contributed by atoms with Gasteiger partial charge in [-0.2, -0.15) is 0 Å². The molecule has 0 aliphatic carbocycles. The Morgan fingerprint density at radius 2 is 2.13 bits per heavy atom. The number of carboxylic acids is 1. The predicted molar refractivity (Wildman–Crippen MR) is 52.0 cm³/mol. The molecule has 0 bridgehead atoms. The van der Waals surface area contributed by atoms with Gasteiger partial charge >= 0.3 is 5.97 Å². The van der Waals surface area contributed by atoms with Crippen LogP contribution < -0.4 is 0 Å². The highest BCUT2D eigenvalue weighted by atomic mass is 19.3. The summed E-state index contributed by atoms with van der Waals surface area (Å²) in [5.74, 6) is -0.861. The van der Waals surface area contributed by atoms with Crippen LogP contribution in [-0.2, 0) is 11.2 Å². The van der Waals surface area contributed by atoms with Gasteiger partial charge in [0.2, 0.25) is 0 Å². The Kier molecular flexibility index (Phi) is 4.21. The van der Waals surface area contributed by atoms with Crippen molar-refractivity contribution in [1.82, 2.24) is 0 Å². The molecule has 0 atom stereocenters.